The van der Waals surface area contributed by atoms with E-state index in [2.05, 4.69) is 9.97 Å². The molecule has 0 atom stereocenters. The van der Waals surface area contributed by atoms with E-state index in [-0.39, 0.29) is 16.5 Å². The number of hydrogen-bond acceptors (Lipinski definition) is 4. The second-order valence-corrected chi connectivity index (χ2v) is 7.17. The van der Waals surface area contributed by atoms with Gasteiger partial charge in [0.25, 0.3) is 0 Å². The van der Waals surface area contributed by atoms with Gasteiger partial charge in [0.15, 0.2) is 5.82 Å². The first-order chi connectivity index (χ1) is 12.5. The predicted octanol–water partition coefficient (Wildman–Crippen LogP) is 5.05. The lowest BCUT2D eigenvalue weighted by Gasteiger charge is -2.20. The van der Waals surface area contributed by atoms with Crippen molar-refractivity contribution in [3.8, 4) is 5.82 Å². The highest BCUT2D eigenvalue weighted by Crippen LogP contribution is 2.35. The third-order valence-electron chi connectivity index (χ3n) is 3.53. The minimum Gasteiger partial charge on any atom is -0.455 e. The highest BCUT2D eigenvalue weighted by atomic mass is 35.5. The van der Waals surface area contributed by atoms with Crippen molar-refractivity contribution in [2.24, 2.45) is 0 Å². The molecule has 3 heterocycles. The van der Waals surface area contributed by atoms with Crippen LogP contribution in [0.3, 0.4) is 0 Å². The van der Waals surface area contributed by atoms with Crippen molar-refractivity contribution in [2.45, 2.75) is 32.5 Å². The second kappa shape index (κ2) is 6.53. The molecule has 0 saturated heterocycles. The molecular weight excluding hydrogens is 383 g/mol. The average molecular weight is 398 g/mol. The van der Waals surface area contributed by atoms with Crippen molar-refractivity contribution in [2.75, 3.05) is 0 Å². The molecule has 3 rings (SSSR count). The summed E-state index contributed by atoms with van der Waals surface area (Å²) in [5, 5.41) is 0.501. The number of carbonyl (C=O) groups excluding carboxylic acids is 1. The third kappa shape index (κ3) is 3.90. The van der Waals surface area contributed by atoms with Gasteiger partial charge in [-0.15, -0.1) is 0 Å². The van der Waals surface area contributed by atoms with Gasteiger partial charge in [0.1, 0.15) is 22.1 Å². The van der Waals surface area contributed by atoms with Crippen LogP contribution in [0, 0.1) is 0 Å². The molecule has 0 aliphatic rings. The fraction of sp³-hybridized carbons (Fsp3) is 0.278. The first-order valence-corrected chi connectivity index (χ1v) is 8.29. The number of carbonyl (C=O) groups is 1. The van der Waals surface area contributed by atoms with Crippen molar-refractivity contribution >= 4 is 28.6 Å². The summed E-state index contributed by atoms with van der Waals surface area (Å²) in [6.45, 7) is 4.98. The maximum atomic E-state index is 13.5. The number of fused-ring (bicyclic) bond motifs is 1. The number of esters is 1. The van der Waals surface area contributed by atoms with Crippen LogP contribution in [0.25, 0.3) is 16.9 Å². The lowest BCUT2D eigenvalue weighted by Crippen LogP contribution is -2.26. The molecule has 9 heteroatoms. The smallest absolute Gasteiger partial charge is 0.419 e. The molecule has 3 aromatic heterocycles. The molecule has 0 unspecified atom stereocenters. The van der Waals surface area contributed by atoms with Gasteiger partial charge in [-0.25, -0.2) is 14.8 Å². The van der Waals surface area contributed by atoms with E-state index in [1.165, 1.54) is 24.4 Å². The predicted molar refractivity (Wildman–Crippen MR) is 94.0 cm³/mol. The van der Waals surface area contributed by atoms with Crippen LogP contribution in [0.15, 0.2) is 36.5 Å². The molecule has 5 nitrogen and oxygen atoms in total. The van der Waals surface area contributed by atoms with Gasteiger partial charge < -0.3 is 4.74 Å². The van der Waals surface area contributed by atoms with Crippen LogP contribution < -0.4 is 0 Å². The Morgan fingerprint density at radius 3 is 2.52 bits per heavy atom. The quantitative estimate of drug-likeness (QED) is 0.448. The van der Waals surface area contributed by atoms with Crippen LogP contribution in [-0.4, -0.2) is 26.1 Å². The number of alkyl halides is 3. The summed E-state index contributed by atoms with van der Waals surface area (Å²) < 4.78 is 46.9. The molecule has 0 saturated carbocycles. The van der Waals surface area contributed by atoms with Crippen molar-refractivity contribution < 1.29 is 22.7 Å². The highest BCUT2D eigenvalue weighted by Gasteiger charge is 2.36. The lowest BCUT2D eigenvalue weighted by atomic mass is 10.2. The van der Waals surface area contributed by atoms with Crippen LogP contribution in [0.5, 0.6) is 0 Å². The minimum absolute atomic E-state index is 0.0714. The van der Waals surface area contributed by atoms with Crippen LogP contribution in [-0.2, 0) is 10.9 Å². The fourth-order valence-electron chi connectivity index (χ4n) is 2.55. The van der Waals surface area contributed by atoms with E-state index in [1.54, 1.807) is 26.8 Å². The van der Waals surface area contributed by atoms with Crippen LogP contribution >= 0.6 is 11.6 Å². The monoisotopic (exact) mass is 397 g/mol. The third-order valence-corrected chi connectivity index (χ3v) is 3.74. The number of rotatable bonds is 2. The number of aromatic nitrogens is 3. The van der Waals surface area contributed by atoms with Crippen LogP contribution in [0.2, 0.25) is 5.15 Å². The summed E-state index contributed by atoms with van der Waals surface area (Å²) in [4.78, 5) is 20.6. The molecule has 3 aromatic rings. The van der Waals surface area contributed by atoms with Gasteiger partial charge in [-0.05, 0) is 51.1 Å². The molecular formula is C18H15ClF3N3O2. The number of ether oxygens (including phenoxy) is 1. The molecule has 0 aliphatic carbocycles. The number of pyridine rings is 2. The number of hydrogen-bond donors (Lipinski definition) is 0. The minimum atomic E-state index is -4.68. The molecule has 0 bridgehead atoms. The summed E-state index contributed by atoms with van der Waals surface area (Å²) in [5.74, 6) is -1.27. The first-order valence-electron chi connectivity index (χ1n) is 7.91. The highest BCUT2D eigenvalue weighted by molar-refractivity contribution is 6.29. The first kappa shape index (κ1) is 19.2. The zero-order valence-corrected chi connectivity index (χ0v) is 15.4. The topological polar surface area (TPSA) is 57.0 Å². The summed E-state index contributed by atoms with van der Waals surface area (Å²) >= 11 is 5.92. The number of halogens is 4. The van der Waals surface area contributed by atoms with E-state index < -0.39 is 29.1 Å². The van der Waals surface area contributed by atoms with Crippen molar-refractivity contribution in [3.63, 3.8) is 0 Å². The van der Waals surface area contributed by atoms with Crippen LogP contribution in [0.1, 0.15) is 36.8 Å². The van der Waals surface area contributed by atoms with Gasteiger partial charge in [-0.3, -0.25) is 4.57 Å². The Morgan fingerprint density at radius 1 is 1.19 bits per heavy atom. The molecule has 27 heavy (non-hydrogen) atoms. The SMILES string of the molecule is CC(C)(C)OC(=O)c1cc2ccc(Cl)nc2n1-c1ncccc1C(F)(F)F. The van der Waals surface area contributed by atoms with Gasteiger partial charge in [0, 0.05) is 11.6 Å². The molecule has 0 aromatic carbocycles. The Bertz CT molecular complexity index is 1020. The van der Waals surface area contributed by atoms with E-state index in [9.17, 15) is 18.0 Å². The standard InChI is InChI=1S/C18H15ClF3N3O2/c1-17(2,3)27-16(26)12-9-10-6-7-13(19)24-14(10)25(12)15-11(18(20,21)22)5-4-8-23-15/h4-9H,1-3H3. The molecule has 142 valence electrons. The van der Waals surface area contributed by atoms with Gasteiger partial charge in [-0.2, -0.15) is 13.2 Å². The molecule has 0 spiro atoms. The molecule has 0 aliphatic heterocycles. The van der Waals surface area contributed by atoms with E-state index in [4.69, 9.17) is 16.3 Å². The zero-order valence-electron chi connectivity index (χ0n) is 14.6. The van der Waals surface area contributed by atoms with Gasteiger partial charge in [-0.1, -0.05) is 11.6 Å². The van der Waals surface area contributed by atoms with E-state index in [1.807, 2.05) is 0 Å². The Balaban J connectivity index is 2.33. The lowest BCUT2D eigenvalue weighted by molar-refractivity contribution is -0.137. The maximum Gasteiger partial charge on any atom is 0.419 e. The number of nitrogens with zero attached hydrogens (tertiary/aromatic N) is 3. The Morgan fingerprint density at radius 2 is 1.89 bits per heavy atom. The van der Waals surface area contributed by atoms with Gasteiger partial charge in [0.2, 0.25) is 0 Å². The second-order valence-electron chi connectivity index (χ2n) is 6.79. The van der Waals surface area contributed by atoms with E-state index >= 15 is 0 Å². The summed E-state index contributed by atoms with van der Waals surface area (Å²) in [7, 11) is 0. The molecule has 0 fully saturated rings. The van der Waals surface area contributed by atoms with Crippen LogP contribution in [0.4, 0.5) is 13.2 Å². The fourth-order valence-corrected chi connectivity index (χ4v) is 2.69. The van der Waals surface area contributed by atoms with E-state index in [0.29, 0.717) is 5.39 Å². The molecule has 0 N–H and O–H groups in total. The summed E-state index contributed by atoms with van der Waals surface area (Å²) in [6.07, 6.45) is -3.47. The summed E-state index contributed by atoms with van der Waals surface area (Å²) in [6, 6.07) is 6.51. The van der Waals surface area contributed by atoms with Crippen molar-refractivity contribution in [1.29, 1.82) is 0 Å². The molecule has 0 amide bonds. The maximum absolute atomic E-state index is 13.5. The Hall–Kier alpha value is -2.61. The van der Waals surface area contributed by atoms with Gasteiger partial charge >= 0.3 is 12.1 Å². The van der Waals surface area contributed by atoms with Crippen molar-refractivity contribution in [1.82, 2.24) is 14.5 Å². The normalized spacial score (nSPS) is 12.4. The average Bonchev–Trinajstić information content (AvgIpc) is 2.91. The van der Waals surface area contributed by atoms with E-state index in [0.717, 1.165) is 10.6 Å². The van der Waals surface area contributed by atoms with Gasteiger partial charge in [0.05, 0.1) is 5.56 Å². The zero-order chi connectivity index (χ0) is 20.0. The Kier molecular flexibility index (Phi) is 4.63. The Labute approximate surface area is 157 Å². The molecule has 0 radical (unpaired) electrons. The van der Waals surface area contributed by atoms with Crippen molar-refractivity contribution in [3.05, 3.63) is 52.9 Å². The summed E-state index contributed by atoms with van der Waals surface area (Å²) in [5.41, 5.74) is -1.89. The largest absolute Gasteiger partial charge is 0.455 e.